The lowest BCUT2D eigenvalue weighted by atomic mass is 10.1. The summed E-state index contributed by atoms with van der Waals surface area (Å²) in [5, 5.41) is 7.60. The van der Waals surface area contributed by atoms with Gasteiger partial charge < -0.3 is 14.6 Å². The highest BCUT2D eigenvalue weighted by atomic mass is 35.5. The molecular formula is C21H14Cl2N4O3. The van der Waals surface area contributed by atoms with Gasteiger partial charge in [-0.15, -0.1) is 0 Å². The van der Waals surface area contributed by atoms with E-state index < -0.39 is 5.97 Å². The van der Waals surface area contributed by atoms with E-state index in [9.17, 15) is 4.79 Å². The zero-order valence-corrected chi connectivity index (χ0v) is 17.1. The molecule has 7 nitrogen and oxygen atoms in total. The van der Waals surface area contributed by atoms with Gasteiger partial charge in [0.15, 0.2) is 5.56 Å². The minimum absolute atomic E-state index is 0.0468. The smallest absolute Gasteiger partial charge is 0.345 e. The van der Waals surface area contributed by atoms with Crippen molar-refractivity contribution in [1.82, 2.24) is 15.1 Å². The van der Waals surface area contributed by atoms with Gasteiger partial charge >= 0.3 is 5.97 Å². The van der Waals surface area contributed by atoms with E-state index in [0.29, 0.717) is 27.1 Å². The Hall–Kier alpha value is -3.42. The number of carbonyl (C=O) groups excluding carboxylic acids is 1. The number of aromatic nitrogens is 3. The quantitative estimate of drug-likeness (QED) is 0.401. The Morgan fingerprint density at radius 2 is 1.77 bits per heavy atom. The number of hydrogen-bond donors (Lipinski definition) is 1. The maximum Gasteiger partial charge on any atom is 0.345 e. The van der Waals surface area contributed by atoms with Gasteiger partial charge in [0, 0.05) is 17.2 Å². The molecule has 0 saturated carbocycles. The third-order valence-electron chi connectivity index (χ3n) is 4.26. The molecule has 0 saturated heterocycles. The van der Waals surface area contributed by atoms with Gasteiger partial charge in [-0.2, -0.15) is 0 Å². The van der Waals surface area contributed by atoms with Gasteiger partial charge in [0.05, 0.1) is 22.8 Å². The summed E-state index contributed by atoms with van der Waals surface area (Å²) >= 11 is 12.6. The van der Waals surface area contributed by atoms with Crippen molar-refractivity contribution < 1.29 is 14.1 Å². The van der Waals surface area contributed by atoms with E-state index in [4.69, 9.17) is 32.5 Å². The number of anilines is 2. The van der Waals surface area contributed by atoms with Crippen molar-refractivity contribution in [1.29, 1.82) is 0 Å². The third kappa shape index (κ3) is 3.85. The molecule has 0 spiro atoms. The SMILES string of the molecule is COC(=O)c1c(-c2c(Cl)cccc2Cl)noc1Nc1cc(-c2ccccc2)ncn1. The van der Waals surface area contributed by atoms with Crippen LogP contribution < -0.4 is 5.32 Å². The second-order valence-corrected chi connectivity index (χ2v) is 6.92. The monoisotopic (exact) mass is 440 g/mol. The number of methoxy groups -OCH3 is 1. The Morgan fingerprint density at radius 1 is 1.03 bits per heavy atom. The minimum atomic E-state index is -0.665. The highest BCUT2D eigenvalue weighted by Gasteiger charge is 2.28. The van der Waals surface area contributed by atoms with Crippen molar-refractivity contribution in [3.05, 3.63) is 76.5 Å². The van der Waals surface area contributed by atoms with Crippen molar-refractivity contribution in [2.45, 2.75) is 0 Å². The molecule has 30 heavy (non-hydrogen) atoms. The zero-order chi connectivity index (χ0) is 21.1. The zero-order valence-electron chi connectivity index (χ0n) is 15.6. The normalized spacial score (nSPS) is 10.6. The average molecular weight is 441 g/mol. The molecule has 0 unspecified atom stereocenters. The van der Waals surface area contributed by atoms with Crippen LogP contribution >= 0.6 is 23.2 Å². The van der Waals surface area contributed by atoms with Gasteiger partial charge in [0.2, 0.25) is 5.88 Å². The van der Waals surface area contributed by atoms with Gasteiger partial charge in [-0.05, 0) is 12.1 Å². The van der Waals surface area contributed by atoms with Crippen LogP contribution in [0.25, 0.3) is 22.5 Å². The Morgan fingerprint density at radius 3 is 2.47 bits per heavy atom. The first-order valence-electron chi connectivity index (χ1n) is 8.75. The van der Waals surface area contributed by atoms with Crippen molar-refractivity contribution in [2.75, 3.05) is 12.4 Å². The van der Waals surface area contributed by atoms with Crippen LogP contribution in [0.15, 0.2) is 65.4 Å². The average Bonchev–Trinajstić information content (AvgIpc) is 3.17. The number of nitrogens with one attached hydrogen (secondary N) is 1. The van der Waals surface area contributed by atoms with Crippen molar-refractivity contribution >= 4 is 40.9 Å². The number of esters is 1. The fourth-order valence-electron chi connectivity index (χ4n) is 2.87. The molecule has 0 fully saturated rings. The lowest BCUT2D eigenvalue weighted by Crippen LogP contribution is -2.06. The van der Waals surface area contributed by atoms with E-state index in [0.717, 1.165) is 5.56 Å². The summed E-state index contributed by atoms with van der Waals surface area (Å²) in [5.74, 6) is -0.213. The summed E-state index contributed by atoms with van der Waals surface area (Å²) in [7, 11) is 1.26. The molecule has 2 heterocycles. The maximum absolute atomic E-state index is 12.5. The molecule has 0 amide bonds. The Bertz CT molecular complexity index is 1190. The highest BCUT2D eigenvalue weighted by molar-refractivity contribution is 6.39. The highest BCUT2D eigenvalue weighted by Crippen LogP contribution is 2.39. The van der Waals surface area contributed by atoms with E-state index in [1.54, 1.807) is 24.3 Å². The Kier molecular flexibility index (Phi) is 5.65. The summed E-state index contributed by atoms with van der Waals surface area (Å²) in [6, 6.07) is 16.3. The number of nitrogens with zero attached hydrogens (tertiary/aromatic N) is 3. The predicted octanol–water partition coefficient (Wildman–Crippen LogP) is 5.64. The van der Waals surface area contributed by atoms with Crippen LogP contribution in [0.5, 0.6) is 0 Å². The largest absolute Gasteiger partial charge is 0.465 e. The molecule has 0 bridgehead atoms. The van der Waals surface area contributed by atoms with Crippen LogP contribution in [-0.2, 0) is 4.74 Å². The first-order valence-corrected chi connectivity index (χ1v) is 9.51. The van der Waals surface area contributed by atoms with E-state index >= 15 is 0 Å². The topological polar surface area (TPSA) is 90.1 Å². The molecule has 150 valence electrons. The predicted molar refractivity (Wildman–Crippen MR) is 114 cm³/mol. The van der Waals surface area contributed by atoms with Crippen LogP contribution in [0.4, 0.5) is 11.7 Å². The number of carbonyl (C=O) groups is 1. The molecule has 2 aromatic carbocycles. The van der Waals surface area contributed by atoms with E-state index in [-0.39, 0.29) is 17.1 Å². The van der Waals surface area contributed by atoms with E-state index in [2.05, 4.69) is 20.4 Å². The third-order valence-corrected chi connectivity index (χ3v) is 4.89. The van der Waals surface area contributed by atoms with Gasteiger partial charge in [-0.3, -0.25) is 0 Å². The lowest BCUT2D eigenvalue weighted by Gasteiger charge is -2.07. The molecule has 0 aliphatic rings. The first kappa shape index (κ1) is 19.9. The first-order chi connectivity index (χ1) is 14.6. The van der Waals surface area contributed by atoms with E-state index in [1.807, 2.05) is 30.3 Å². The van der Waals surface area contributed by atoms with E-state index in [1.165, 1.54) is 13.4 Å². The van der Waals surface area contributed by atoms with Crippen LogP contribution in [0.3, 0.4) is 0 Å². The minimum Gasteiger partial charge on any atom is -0.465 e. The number of hydrogen-bond acceptors (Lipinski definition) is 7. The Balaban J connectivity index is 1.76. The Labute approximate surface area is 181 Å². The second-order valence-electron chi connectivity index (χ2n) is 6.10. The van der Waals surface area contributed by atoms with Crippen molar-refractivity contribution in [3.8, 4) is 22.5 Å². The van der Waals surface area contributed by atoms with Crippen LogP contribution in [-0.4, -0.2) is 28.2 Å². The van der Waals surface area contributed by atoms with Gasteiger partial charge in [-0.25, -0.2) is 14.8 Å². The molecule has 4 rings (SSSR count). The summed E-state index contributed by atoms with van der Waals surface area (Å²) in [6.45, 7) is 0. The second kappa shape index (κ2) is 8.52. The molecule has 0 atom stereocenters. The van der Waals surface area contributed by atoms with Crippen molar-refractivity contribution in [3.63, 3.8) is 0 Å². The molecule has 9 heteroatoms. The number of ether oxygens (including phenoxy) is 1. The molecule has 1 N–H and O–H groups in total. The van der Waals surface area contributed by atoms with Gasteiger partial charge in [0.1, 0.15) is 17.8 Å². The summed E-state index contributed by atoms with van der Waals surface area (Å²) < 4.78 is 10.3. The molecule has 0 aliphatic carbocycles. The molecular weight excluding hydrogens is 427 g/mol. The lowest BCUT2D eigenvalue weighted by molar-refractivity contribution is 0.0602. The van der Waals surface area contributed by atoms with Crippen LogP contribution in [0.2, 0.25) is 10.0 Å². The summed E-state index contributed by atoms with van der Waals surface area (Å²) in [4.78, 5) is 21.0. The van der Waals surface area contributed by atoms with Gasteiger partial charge in [0.25, 0.3) is 0 Å². The summed E-state index contributed by atoms with van der Waals surface area (Å²) in [6.07, 6.45) is 1.41. The molecule has 4 aromatic rings. The van der Waals surface area contributed by atoms with Crippen LogP contribution in [0, 0.1) is 0 Å². The fourth-order valence-corrected chi connectivity index (χ4v) is 3.45. The molecule has 2 aromatic heterocycles. The number of rotatable bonds is 5. The van der Waals surface area contributed by atoms with Gasteiger partial charge in [-0.1, -0.05) is 64.8 Å². The molecule has 0 aliphatic heterocycles. The number of halogens is 2. The van der Waals surface area contributed by atoms with Crippen molar-refractivity contribution in [2.24, 2.45) is 0 Å². The summed E-state index contributed by atoms with van der Waals surface area (Å²) in [5.41, 5.74) is 2.19. The standard InChI is InChI=1S/C21H14Cl2N4O3/c1-29-21(28)18-19(17-13(22)8-5-9-14(17)23)27-30-20(18)26-16-10-15(24-11-25-16)12-6-3-2-4-7-12/h2-11H,1H3,(H,24,25,26). The van der Waals surface area contributed by atoms with Crippen LogP contribution in [0.1, 0.15) is 10.4 Å². The molecule has 0 radical (unpaired) electrons. The fraction of sp³-hybridized carbons (Fsp3) is 0.0476. The maximum atomic E-state index is 12.5. The number of benzene rings is 2.